The summed E-state index contributed by atoms with van der Waals surface area (Å²) in [5, 5.41) is 21.0. The highest BCUT2D eigenvalue weighted by molar-refractivity contribution is 6.05. The predicted octanol–water partition coefficient (Wildman–Crippen LogP) is 0.616. The zero-order chi connectivity index (χ0) is 23.1. The lowest BCUT2D eigenvalue weighted by Gasteiger charge is -2.35. The summed E-state index contributed by atoms with van der Waals surface area (Å²) in [4.78, 5) is 42.4. The van der Waals surface area contributed by atoms with Crippen LogP contribution < -0.4 is 5.32 Å². The molecule has 1 aliphatic heterocycles. The summed E-state index contributed by atoms with van der Waals surface area (Å²) in [6.07, 6.45) is 4.13. The molecule has 4 aromatic heterocycles. The fourth-order valence-corrected chi connectivity index (χ4v) is 3.73. The summed E-state index contributed by atoms with van der Waals surface area (Å²) >= 11 is 0. The van der Waals surface area contributed by atoms with Gasteiger partial charge in [0.15, 0.2) is 5.65 Å². The Bertz CT molecular complexity index is 1450. The average molecular weight is 448 g/mol. The maximum absolute atomic E-state index is 13.7. The first-order chi connectivity index (χ1) is 16.0. The highest BCUT2D eigenvalue weighted by Crippen LogP contribution is 2.26. The third kappa shape index (κ3) is 3.54. The Labute approximate surface area is 185 Å². The molecule has 0 aliphatic carbocycles. The van der Waals surface area contributed by atoms with Crippen LogP contribution in [0.3, 0.4) is 0 Å². The Hall–Kier alpha value is -4.37. The lowest BCUT2D eigenvalue weighted by molar-refractivity contribution is -0.135. The Morgan fingerprint density at radius 3 is 2.91 bits per heavy atom. The zero-order valence-electron chi connectivity index (χ0n) is 17.1. The van der Waals surface area contributed by atoms with E-state index in [1.165, 1.54) is 40.0 Å². The first-order valence-electron chi connectivity index (χ1n) is 10.1. The second-order valence-corrected chi connectivity index (χ2v) is 7.60. The number of halogens is 1. The minimum Gasteiger partial charge on any atom is -0.388 e. The van der Waals surface area contributed by atoms with Crippen LogP contribution in [-0.4, -0.2) is 65.8 Å². The van der Waals surface area contributed by atoms with E-state index in [9.17, 15) is 19.1 Å². The van der Waals surface area contributed by atoms with Crippen LogP contribution >= 0.6 is 0 Å². The number of aliphatic hydroxyl groups excluding tert-OH is 1. The molecule has 33 heavy (non-hydrogen) atoms. The van der Waals surface area contributed by atoms with E-state index in [4.69, 9.17) is 5.26 Å². The van der Waals surface area contributed by atoms with Crippen molar-refractivity contribution in [1.82, 2.24) is 34.6 Å². The van der Waals surface area contributed by atoms with E-state index in [2.05, 4.69) is 31.3 Å². The van der Waals surface area contributed by atoms with Gasteiger partial charge < -0.3 is 20.3 Å². The number of nitrogens with zero attached hydrogens (tertiary/aromatic N) is 6. The number of aliphatic hydroxyl groups is 1. The van der Waals surface area contributed by atoms with Crippen molar-refractivity contribution in [1.29, 1.82) is 5.26 Å². The molecular weight excluding hydrogens is 431 g/mol. The van der Waals surface area contributed by atoms with Gasteiger partial charge in [-0.3, -0.25) is 14.0 Å². The Morgan fingerprint density at radius 1 is 1.33 bits per heavy atom. The van der Waals surface area contributed by atoms with E-state index >= 15 is 0 Å². The van der Waals surface area contributed by atoms with Crippen LogP contribution in [0, 0.1) is 23.1 Å². The van der Waals surface area contributed by atoms with Crippen molar-refractivity contribution in [3.63, 3.8) is 0 Å². The van der Waals surface area contributed by atoms with Crippen LogP contribution in [0.4, 0.5) is 4.39 Å². The third-order valence-electron chi connectivity index (χ3n) is 5.50. The topological polar surface area (TPSA) is 152 Å². The molecule has 0 unspecified atom stereocenters. The number of imidazole rings is 1. The molecule has 1 saturated heterocycles. The van der Waals surface area contributed by atoms with Crippen LogP contribution in [0.25, 0.3) is 28.1 Å². The van der Waals surface area contributed by atoms with Gasteiger partial charge in [0, 0.05) is 25.5 Å². The molecule has 0 bridgehead atoms. The number of fused-ring (bicyclic) bond motifs is 2. The number of rotatable bonds is 5. The van der Waals surface area contributed by atoms with E-state index in [1.54, 1.807) is 0 Å². The van der Waals surface area contributed by atoms with Gasteiger partial charge in [0.05, 0.1) is 35.8 Å². The zero-order valence-corrected chi connectivity index (χ0v) is 17.1. The lowest BCUT2D eigenvalue weighted by Crippen LogP contribution is -2.52. The van der Waals surface area contributed by atoms with Gasteiger partial charge in [0.1, 0.15) is 35.2 Å². The van der Waals surface area contributed by atoms with Crippen LogP contribution in [0.2, 0.25) is 0 Å². The number of hydrogen-bond acceptors (Lipinski definition) is 7. The van der Waals surface area contributed by atoms with Crippen LogP contribution in [0.15, 0.2) is 30.7 Å². The fourth-order valence-electron chi connectivity index (χ4n) is 3.73. The SMILES string of the molecule is N#CC1CN(C(=O)CNC(=O)c2c[nH]c3ncc(-c4nc(CO)n5cc(F)ccc45)nc23)C1. The summed E-state index contributed by atoms with van der Waals surface area (Å²) in [5.41, 5.74) is 2.07. The van der Waals surface area contributed by atoms with Crippen molar-refractivity contribution in [2.24, 2.45) is 5.92 Å². The number of carbonyl (C=O) groups is 2. The largest absolute Gasteiger partial charge is 0.388 e. The van der Waals surface area contributed by atoms with Crippen LogP contribution in [0.5, 0.6) is 0 Å². The lowest BCUT2D eigenvalue weighted by atomic mass is 10.0. The molecule has 2 amide bonds. The fraction of sp³-hybridized carbons (Fsp3) is 0.238. The quantitative estimate of drug-likeness (QED) is 0.405. The van der Waals surface area contributed by atoms with E-state index < -0.39 is 18.3 Å². The number of likely N-dealkylation sites (tertiary alicyclic amines) is 1. The van der Waals surface area contributed by atoms with Gasteiger partial charge in [0.25, 0.3) is 5.91 Å². The molecule has 1 aliphatic rings. The number of nitrogens with one attached hydrogen (secondary N) is 2. The van der Waals surface area contributed by atoms with E-state index in [-0.39, 0.29) is 35.3 Å². The normalized spacial score (nSPS) is 13.8. The number of H-pyrrole nitrogens is 1. The van der Waals surface area contributed by atoms with Gasteiger partial charge in [0.2, 0.25) is 5.91 Å². The average Bonchev–Trinajstić information content (AvgIpc) is 3.37. The maximum Gasteiger partial charge on any atom is 0.255 e. The second kappa shape index (κ2) is 7.95. The number of hydrogen-bond donors (Lipinski definition) is 3. The molecule has 11 nitrogen and oxygen atoms in total. The number of nitriles is 1. The summed E-state index contributed by atoms with van der Waals surface area (Å²) in [5.74, 6) is -1.19. The third-order valence-corrected chi connectivity index (χ3v) is 5.50. The molecule has 5 rings (SSSR count). The van der Waals surface area contributed by atoms with Gasteiger partial charge >= 0.3 is 0 Å². The Kier molecular flexibility index (Phi) is 4.95. The van der Waals surface area contributed by atoms with Gasteiger partial charge in [-0.1, -0.05) is 0 Å². The van der Waals surface area contributed by atoms with E-state index in [0.717, 1.165) is 0 Å². The monoisotopic (exact) mass is 448 g/mol. The molecule has 4 aromatic rings. The van der Waals surface area contributed by atoms with Crippen molar-refractivity contribution in [3.8, 4) is 17.5 Å². The summed E-state index contributed by atoms with van der Waals surface area (Å²) in [6.45, 7) is 0.128. The molecule has 5 heterocycles. The van der Waals surface area contributed by atoms with Crippen molar-refractivity contribution in [2.75, 3.05) is 19.6 Å². The smallest absolute Gasteiger partial charge is 0.255 e. The standard InChI is InChI=1S/C21H17FN8O3/c22-12-1-2-15-19(28-16(10-31)30(15)9-12)14-5-25-20-18(27-14)13(4-24-20)21(33)26-6-17(32)29-7-11(3-23)8-29/h1-2,4-5,9,11,31H,6-8,10H2,(H,24,25)(H,26,33). The Morgan fingerprint density at radius 2 is 2.15 bits per heavy atom. The van der Waals surface area contributed by atoms with Crippen LogP contribution in [0.1, 0.15) is 16.2 Å². The molecule has 0 radical (unpaired) electrons. The van der Waals surface area contributed by atoms with Gasteiger partial charge in [-0.15, -0.1) is 0 Å². The molecule has 3 N–H and O–H groups in total. The highest BCUT2D eigenvalue weighted by atomic mass is 19.1. The van der Waals surface area contributed by atoms with Gasteiger partial charge in [-0.2, -0.15) is 5.26 Å². The summed E-state index contributed by atoms with van der Waals surface area (Å²) in [6, 6.07) is 4.89. The van der Waals surface area contributed by atoms with E-state index in [1.807, 2.05) is 0 Å². The van der Waals surface area contributed by atoms with E-state index in [0.29, 0.717) is 35.6 Å². The molecule has 0 aromatic carbocycles. The number of amides is 2. The van der Waals surface area contributed by atoms with Crippen molar-refractivity contribution >= 4 is 28.5 Å². The Balaban J connectivity index is 1.42. The molecule has 12 heteroatoms. The van der Waals surface area contributed by atoms with Crippen molar-refractivity contribution < 1.29 is 19.1 Å². The summed E-state index contributed by atoms with van der Waals surface area (Å²) < 4.78 is 15.1. The van der Waals surface area contributed by atoms with Crippen LogP contribution in [-0.2, 0) is 11.4 Å². The molecule has 0 atom stereocenters. The second-order valence-electron chi connectivity index (χ2n) is 7.60. The molecule has 0 spiro atoms. The number of pyridine rings is 1. The number of carbonyl (C=O) groups excluding carboxylic acids is 2. The minimum atomic E-state index is -0.508. The maximum atomic E-state index is 13.7. The van der Waals surface area contributed by atoms with Crippen molar-refractivity contribution in [3.05, 3.63) is 47.9 Å². The van der Waals surface area contributed by atoms with Crippen molar-refractivity contribution in [2.45, 2.75) is 6.61 Å². The predicted molar refractivity (Wildman–Crippen MR) is 112 cm³/mol. The molecule has 166 valence electrons. The first kappa shape index (κ1) is 20.5. The van der Waals surface area contributed by atoms with Gasteiger partial charge in [-0.05, 0) is 12.1 Å². The first-order valence-corrected chi connectivity index (χ1v) is 10.1. The number of aromatic amines is 1. The number of aromatic nitrogens is 5. The molecule has 0 saturated carbocycles. The molecular formula is C21H17FN8O3. The summed E-state index contributed by atoms with van der Waals surface area (Å²) in [7, 11) is 0. The minimum absolute atomic E-state index is 0.158. The molecule has 1 fully saturated rings. The van der Waals surface area contributed by atoms with Gasteiger partial charge in [-0.25, -0.2) is 19.3 Å². The highest BCUT2D eigenvalue weighted by Gasteiger charge is 2.30.